The summed E-state index contributed by atoms with van der Waals surface area (Å²) in [5, 5.41) is 8.30. The predicted octanol–water partition coefficient (Wildman–Crippen LogP) is 8.10. The van der Waals surface area contributed by atoms with Crippen LogP contribution in [-0.4, -0.2) is 0 Å². The van der Waals surface area contributed by atoms with Gasteiger partial charge in [-0.1, -0.05) is 168 Å². The van der Waals surface area contributed by atoms with E-state index >= 15 is 0 Å². The SMILES string of the molecule is Cc1ccc(P(c2ccc(C)cc2)c2ccc(-c3ccc(P(c4ccc(C)cc4)c4ccc(C)cc4)cc3)cc2)cc1. The summed E-state index contributed by atoms with van der Waals surface area (Å²) in [4.78, 5) is 0. The molecular weight excluding hydrogens is 542 g/mol. The van der Waals surface area contributed by atoms with Crippen LogP contribution in [0.1, 0.15) is 22.3 Å². The lowest BCUT2D eigenvalue weighted by Crippen LogP contribution is -2.21. The van der Waals surface area contributed by atoms with Crippen LogP contribution in [-0.2, 0) is 0 Å². The molecule has 0 amide bonds. The second-order valence-electron chi connectivity index (χ2n) is 11.1. The normalized spacial score (nSPS) is 11.3. The molecule has 0 bridgehead atoms. The van der Waals surface area contributed by atoms with Gasteiger partial charge >= 0.3 is 0 Å². The minimum absolute atomic E-state index is 0.620. The molecule has 0 saturated carbocycles. The van der Waals surface area contributed by atoms with Crippen LogP contribution in [0, 0.1) is 27.7 Å². The first-order valence-corrected chi connectivity index (χ1v) is 17.2. The Kier molecular flexibility index (Phi) is 8.48. The number of rotatable bonds is 7. The molecule has 0 aliphatic carbocycles. The van der Waals surface area contributed by atoms with Crippen LogP contribution >= 0.6 is 15.8 Å². The minimum atomic E-state index is -0.620. The largest absolute Gasteiger partial charge is 0.0587 e. The average Bonchev–Trinajstić information content (AvgIpc) is 3.02. The molecule has 0 nitrogen and oxygen atoms in total. The van der Waals surface area contributed by atoms with Gasteiger partial charge in [0.25, 0.3) is 0 Å². The maximum absolute atomic E-state index is 2.33. The molecule has 2 heteroatoms. The van der Waals surface area contributed by atoms with Crippen molar-refractivity contribution < 1.29 is 0 Å². The van der Waals surface area contributed by atoms with Crippen LogP contribution in [0.4, 0.5) is 0 Å². The average molecular weight is 579 g/mol. The lowest BCUT2D eigenvalue weighted by Gasteiger charge is -2.21. The van der Waals surface area contributed by atoms with Crippen molar-refractivity contribution in [3.63, 3.8) is 0 Å². The Balaban J connectivity index is 1.31. The number of benzene rings is 6. The molecule has 206 valence electrons. The van der Waals surface area contributed by atoms with Crippen molar-refractivity contribution in [2.75, 3.05) is 0 Å². The molecule has 0 spiro atoms. The van der Waals surface area contributed by atoms with Gasteiger partial charge in [0.15, 0.2) is 0 Å². The third-order valence-electron chi connectivity index (χ3n) is 7.75. The predicted molar refractivity (Wildman–Crippen MR) is 188 cm³/mol. The summed E-state index contributed by atoms with van der Waals surface area (Å²) in [6.07, 6.45) is 0. The summed E-state index contributed by atoms with van der Waals surface area (Å²) in [7, 11) is -1.24. The van der Waals surface area contributed by atoms with Crippen molar-refractivity contribution in [3.05, 3.63) is 168 Å². The van der Waals surface area contributed by atoms with Gasteiger partial charge in [-0.15, -0.1) is 0 Å². The Bertz CT molecular complexity index is 1520. The third-order valence-corrected chi connectivity index (χ3v) is 12.6. The molecule has 0 heterocycles. The third kappa shape index (κ3) is 6.32. The fraction of sp³-hybridized carbons (Fsp3) is 0.100. The maximum atomic E-state index is 2.33. The van der Waals surface area contributed by atoms with E-state index in [-0.39, 0.29) is 0 Å². The fourth-order valence-electron chi connectivity index (χ4n) is 5.28. The summed E-state index contributed by atoms with van der Waals surface area (Å²) in [5.74, 6) is 0. The molecule has 0 atom stereocenters. The van der Waals surface area contributed by atoms with Gasteiger partial charge in [0.05, 0.1) is 0 Å². The molecule has 0 aliphatic heterocycles. The summed E-state index contributed by atoms with van der Waals surface area (Å²) in [6.45, 7) is 8.62. The zero-order valence-electron chi connectivity index (χ0n) is 24.8. The van der Waals surface area contributed by atoms with Gasteiger partial charge < -0.3 is 0 Å². The van der Waals surface area contributed by atoms with Gasteiger partial charge in [0.2, 0.25) is 0 Å². The highest BCUT2D eigenvalue weighted by Crippen LogP contribution is 2.35. The van der Waals surface area contributed by atoms with E-state index in [9.17, 15) is 0 Å². The van der Waals surface area contributed by atoms with Gasteiger partial charge in [-0.25, -0.2) is 0 Å². The van der Waals surface area contributed by atoms with E-state index in [1.165, 1.54) is 65.2 Å². The molecule has 42 heavy (non-hydrogen) atoms. The molecule has 0 aliphatic rings. The Labute approximate surface area is 253 Å². The number of aryl methyl sites for hydroxylation is 4. The lowest BCUT2D eigenvalue weighted by molar-refractivity contribution is 1.49. The van der Waals surface area contributed by atoms with E-state index in [1.54, 1.807) is 0 Å². The molecule has 6 aromatic rings. The zero-order valence-corrected chi connectivity index (χ0v) is 26.5. The second kappa shape index (κ2) is 12.6. The lowest BCUT2D eigenvalue weighted by atomic mass is 10.1. The molecular formula is C40H36P2. The van der Waals surface area contributed by atoms with E-state index in [2.05, 4.69) is 173 Å². The highest BCUT2D eigenvalue weighted by molar-refractivity contribution is 7.80. The highest BCUT2D eigenvalue weighted by atomic mass is 31.1. The smallest absolute Gasteiger partial charge is 0.0134 e. The Morgan fingerprint density at radius 2 is 0.405 bits per heavy atom. The van der Waals surface area contributed by atoms with Gasteiger partial charge in [-0.2, -0.15) is 0 Å². The molecule has 0 fully saturated rings. The van der Waals surface area contributed by atoms with E-state index in [0.29, 0.717) is 0 Å². The molecule has 0 saturated heterocycles. The first kappa shape index (κ1) is 28.3. The van der Waals surface area contributed by atoms with Gasteiger partial charge in [0, 0.05) is 0 Å². The van der Waals surface area contributed by atoms with Crippen molar-refractivity contribution >= 4 is 47.7 Å². The van der Waals surface area contributed by atoms with Crippen molar-refractivity contribution in [1.82, 2.24) is 0 Å². The van der Waals surface area contributed by atoms with Crippen LogP contribution in [0.5, 0.6) is 0 Å². The molecule has 0 unspecified atom stereocenters. The number of hydrogen-bond donors (Lipinski definition) is 0. The fourth-order valence-corrected chi connectivity index (χ4v) is 9.75. The van der Waals surface area contributed by atoms with Crippen LogP contribution in [0.25, 0.3) is 11.1 Å². The summed E-state index contributed by atoms with van der Waals surface area (Å²) >= 11 is 0. The molecule has 6 aromatic carbocycles. The molecule has 0 N–H and O–H groups in total. The highest BCUT2D eigenvalue weighted by Gasteiger charge is 2.18. The van der Waals surface area contributed by atoms with E-state index in [4.69, 9.17) is 0 Å². The van der Waals surface area contributed by atoms with E-state index in [1.807, 2.05) is 0 Å². The van der Waals surface area contributed by atoms with Gasteiger partial charge in [-0.3, -0.25) is 0 Å². The van der Waals surface area contributed by atoms with E-state index < -0.39 is 15.8 Å². The van der Waals surface area contributed by atoms with Crippen molar-refractivity contribution in [2.24, 2.45) is 0 Å². The van der Waals surface area contributed by atoms with Crippen molar-refractivity contribution in [1.29, 1.82) is 0 Å². The van der Waals surface area contributed by atoms with Crippen molar-refractivity contribution in [3.8, 4) is 11.1 Å². The maximum Gasteiger partial charge on any atom is -0.0134 e. The first-order valence-electron chi connectivity index (χ1n) is 14.5. The standard InChI is InChI=1S/C40H36P2/c1-29-5-17-35(18-6-29)41(36-19-7-30(2)8-20-36)39-25-13-33(14-26-39)34-15-27-40(28-16-34)42(37-21-9-31(3)10-22-37)38-23-11-32(4)12-24-38/h5-28H,1-4H3. The Hall–Kier alpha value is -3.82. The van der Waals surface area contributed by atoms with Crippen LogP contribution in [0.15, 0.2) is 146 Å². The molecule has 6 rings (SSSR count). The minimum Gasteiger partial charge on any atom is -0.0587 e. The van der Waals surface area contributed by atoms with Crippen LogP contribution < -0.4 is 31.8 Å². The Morgan fingerprint density at radius 1 is 0.238 bits per heavy atom. The number of hydrogen-bond acceptors (Lipinski definition) is 0. The zero-order chi connectivity index (χ0) is 29.1. The first-order chi connectivity index (χ1) is 20.4. The quantitative estimate of drug-likeness (QED) is 0.168. The summed E-state index contributed by atoms with van der Waals surface area (Å²) < 4.78 is 0. The summed E-state index contributed by atoms with van der Waals surface area (Å²) in [6, 6.07) is 54.8. The van der Waals surface area contributed by atoms with Gasteiger partial charge in [-0.05, 0) is 86.5 Å². The van der Waals surface area contributed by atoms with Crippen molar-refractivity contribution in [2.45, 2.75) is 27.7 Å². The van der Waals surface area contributed by atoms with Crippen LogP contribution in [0.2, 0.25) is 0 Å². The van der Waals surface area contributed by atoms with E-state index in [0.717, 1.165) is 0 Å². The molecule has 0 radical (unpaired) electrons. The Morgan fingerprint density at radius 3 is 0.595 bits per heavy atom. The van der Waals surface area contributed by atoms with Crippen LogP contribution in [0.3, 0.4) is 0 Å². The van der Waals surface area contributed by atoms with Gasteiger partial charge in [0.1, 0.15) is 0 Å². The topological polar surface area (TPSA) is 0 Å². The summed E-state index contributed by atoms with van der Waals surface area (Å²) in [5.41, 5.74) is 7.69. The molecule has 0 aromatic heterocycles. The second-order valence-corrected chi connectivity index (χ2v) is 15.5. The monoisotopic (exact) mass is 578 g/mol.